The minimum Gasteiger partial charge on any atom is -0.355 e. The molecule has 29 heavy (non-hydrogen) atoms. The first kappa shape index (κ1) is 20.9. The summed E-state index contributed by atoms with van der Waals surface area (Å²) in [6, 6.07) is 18.6. The van der Waals surface area contributed by atoms with Gasteiger partial charge in [-0.15, -0.1) is 0 Å². The van der Waals surface area contributed by atoms with E-state index in [1.807, 2.05) is 31.3 Å². The van der Waals surface area contributed by atoms with E-state index in [2.05, 4.69) is 57.8 Å². The standard InChI is InChI=1S/C24H32N4O/c1-4-19-17-28(14-13-22(19)20-10-6-5-7-11-20)24(26-3)27-16-18-9-8-12-21(15-18)23(29)25-2/h5-12,15,19,22H,4,13-14,16-17H2,1-3H3,(H,25,29)(H,26,27). The van der Waals surface area contributed by atoms with Crippen LogP contribution in [0.5, 0.6) is 0 Å². The van der Waals surface area contributed by atoms with E-state index in [0.717, 1.165) is 37.5 Å². The summed E-state index contributed by atoms with van der Waals surface area (Å²) in [5.41, 5.74) is 3.20. The van der Waals surface area contributed by atoms with Gasteiger partial charge < -0.3 is 15.5 Å². The molecule has 0 aromatic heterocycles. The molecule has 2 unspecified atom stereocenters. The zero-order valence-electron chi connectivity index (χ0n) is 17.7. The summed E-state index contributed by atoms with van der Waals surface area (Å²) in [4.78, 5) is 18.8. The first-order chi connectivity index (χ1) is 14.2. The van der Waals surface area contributed by atoms with Crippen molar-refractivity contribution in [2.75, 3.05) is 27.2 Å². The molecule has 0 spiro atoms. The van der Waals surface area contributed by atoms with Crippen molar-refractivity contribution >= 4 is 11.9 Å². The Morgan fingerprint density at radius 1 is 1.17 bits per heavy atom. The molecule has 2 aromatic rings. The second-order valence-electron chi connectivity index (χ2n) is 7.60. The highest BCUT2D eigenvalue weighted by molar-refractivity contribution is 5.94. The third kappa shape index (κ3) is 5.17. The molecule has 5 heteroatoms. The van der Waals surface area contributed by atoms with Gasteiger partial charge in [0.05, 0.1) is 0 Å². The quantitative estimate of drug-likeness (QED) is 0.603. The largest absolute Gasteiger partial charge is 0.355 e. The number of rotatable bonds is 5. The maximum atomic E-state index is 11.9. The summed E-state index contributed by atoms with van der Waals surface area (Å²) in [6.45, 7) is 4.93. The molecule has 0 saturated carbocycles. The van der Waals surface area contributed by atoms with E-state index in [1.54, 1.807) is 7.05 Å². The summed E-state index contributed by atoms with van der Waals surface area (Å²) < 4.78 is 0. The fourth-order valence-electron chi connectivity index (χ4n) is 4.26. The first-order valence-corrected chi connectivity index (χ1v) is 10.5. The van der Waals surface area contributed by atoms with E-state index >= 15 is 0 Å². The molecule has 154 valence electrons. The number of guanidine groups is 1. The van der Waals surface area contributed by atoms with Crippen molar-refractivity contribution in [2.24, 2.45) is 10.9 Å². The van der Waals surface area contributed by atoms with Crippen LogP contribution in [-0.2, 0) is 6.54 Å². The molecule has 0 bridgehead atoms. The van der Waals surface area contributed by atoms with Crippen LogP contribution in [0.4, 0.5) is 0 Å². The van der Waals surface area contributed by atoms with Gasteiger partial charge in [-0.2, -0.15) is 0 Å². The van der Waals surface area contributed by atoms with Gasteiger partial charge in [-0.1, -0.05) is 55.8 Å². The van der Waals surface area contributed by atoms with Crippen molar-refractivity contribution < 1.29 is 4.79 Å². The number of piperidine rings is 1. The van der Waals surface area contributed by atoms with Crippen molar-refractivity contribution in [1.82, 2.24) is 15.5 Å². The predicted molar refractivity (Wildman–Crippen MR) is 119 cm³/mol. The van der Waals surface area contributed by atoms with Crippen LogP contribution in [0.25, 0.3) is 0 Å². The van der Waals surface area contributed by atoms with Gasteiger partial charge in [-0.3, -0.25) is 9.79 Å². The first-order valence-electron chi connectivity index (χ1n) is 10.5. The number of nitrogens with zero attached hydrogens (tertiary/aromatic N) is 2. The van der Waals surface area contributed by atoms with E-state index in [0.29, 0.717) is 23.9 Å². The maximum absolute atomic E-state index is 11.9. The molecule has 2 atom stereocenters. The Balaban J connectivity index is 1.63. The molecular weight excluding hydrogens is 360 g/mol. The number of carbonyl (C=O) groups excluding carboxylic acids is 1. The molecule has 1 aliphatic heterocycles. The zero-order chi connectivity index (χ0) is 20.6. The second kappa shape index (κ2) is 10.1. The lowest BCUT2D eigenvalue weighted by atomic mass is 9.79. The Kier molecular flexibility index (Phi) is 7.28. The van der Waals surface area contributed by atoms with Gasteiger partial charge in [0.15, 0.2) is 5.96 Å². The number of carbonyl (C=O) groups is 1. The van der Waals surface area contributed by atoms with Crippen LogP contribution in [0, 0.1) is 5.92 Å². The number of benzene rings is 2. The number of hydrogen-bond donors (Lipinski definition) is 2. The van der Waals surface area contributed by atoms with Crippen LogP contribution >= 0.6 is 0 Å². The molecule has 1 amide bonds. The topological polar surface area (TPSA) is 56.7 Å². The van der Waals surface area contributed by atoms with Gasteiger partial charge in [-0.05, 0) is 41.5 Å². The average Bonchev–Trinajstić information content (AvgIpc) is 2.79. The summed E-state index contributed by atoms with van der Waals surface area (Å²) in [6.07, 6.45) is 2.29. The highest BCUT2D eigenvalue weighted by atomic mass is 16.1. The normalized spacial score (nSPS) is 19.7. The smallest absolute Gasteiger partial charge is 0.251 e. The lowest BCUT2D eigenvalue weighted by molar-refractivity contribution is 0.0963. The van der Waals surface area contributed by atoms with Crippen LogP contribution in [0.15, 0.2) is 59.6 Å². The van der Waals surface area contributed by atoms with Crippen molar-refractivity contribution in [3.05, 3.63) is 71.3 Å². The summed E-state index contributed by atoms with van der Waals surface area (Å²) >= 11 is 0. The molecule has 3 rings (SSSR count). The molecule has 1 aliphatic rings. The van der Waals surface area contributed by atoms with Gasteiger partial charge in [0.2, 0.25) is 0 Å². The lowest BCUT2D eigenvalue weighted by Crippen LogP contribution is -2.48. The molecule has 0 aliphatic carbocycles. The van der Waals surface area contributed by atoms with Gasteiger partial charge >= 0.3 is 0 Å². The van der Waals surface area contributed by atoms with E-state index in [4.69, 9.17) is 0 Å². The Hall–Kier alpha value is -2.82. The molecular formula is C24H32N4O. The average molecular weight is 393 g/mol. The minimum atomic E-state index is -0.0648. The number of hydrogen-bond acceptors (Lipinski definition) is 2. The van der Waals surface area contributed by atoms with Gasteiger partial charge in [0.1, 0.15) is 0 Å². The molecule has 1 heterocycles. The Morgan fingerprint density at radius 3 is 2.66 bits per heavy atom. The SMILES string of the molecule is CCC1CN(C(=NC)NCc2cccc(C(=O)NC)c2)CCC1c1ccccc1. The van der Waals surface area contributed by atoms with E-state index < -0.39 is 0 Å². The van der Waals surface area contributed by atoms with Crippen LogP contribution in [-0.4, -0.2) is 44.0 Å². The third-order valence-electron chi connectivity index (χ3n) is 5.86. The number of nitrogens with one attached hydrogen (secondary N) is 2. The summed E-state index contributed by atoms with van der Waals surface area (Å²) in [5, 5.41) is 6.16. The highest BCUT2D eigenvalue weighted by Crippen LogP contribution is 2.34. The van der Waals surface area contributed by atoms with Gasteiger partial charge in [0, 0.05) is 39.3 Å². The van der Waals surface area contributed by atoms with Crippen LogP contribution in [0.3, 0.4) is 0 Å². The Labute approximate surface area is 174 Å². The molecule has 0 radical (unpaired) electrons. The third-order valence-corrected chi connectivity index (χ3v) is 5.86. The van der Waals surface area contributed by atoms with Gasteiger partial charge in [-0.25, -0.2) is 0 Å². The molecule has 2 aromatic carbocycles. The second-order valence-corrected chi connectivity index (χ2v) is 7.60. The molecule has 1 saturated heterocycles. The summed E-state index contributed by atoms with van der Waals surface area (Å²) in [7, 11) is 3.49. The monoisotopic (exact) mass is 392 g/mol. The van der Waals surface area contributed by atoms with Gasteiger partial charge in [0.25, 0.3) is 5.91 Å². The number of aliphatic imine (C=N–C) groups is 1. The van der Waals surface area contributed by atoms with E-state index in [1.165, 1.54) is 5.56 Å². The van der Waals surface area contributed by atoms with Crippen molar-refractivity contribution in [3.63, 3.8) is 0 Å². The fraction of sp³-hybridized carbons (Fsp3) is 0.417. The molecule has 5 nitrogen and oxygen atoms in total. The van der Waals surface area contributed by atoms with Crippen LogP contribution in [0.1, 0.15) is 47.2 Å². The van der Waals surface area contributed by atoms with Crippen LogP contribution in [0.2, 0.25) is 0 Å². The van der Waals surface area contributed by atoms with E-state index in [9.17, 15) is 4.79 Å². The van der Waals surface area contributed by atoms with Crippen LogP contribution < -0.4 is 10.6 Å². The Morgan fingerprint density at radius 2 is 1.97 bits per heavy atom. The minimum absolute atomic E-state index is 0.0648. The Bertz CT molecular complexity index is 834. The number of likely N-dealkylation sites (tertiary alicyclic amines) is 1. The fourth-order valence-corrected chi connectivity index (χ4v) is 4.26. The maximum Gasteiger partial charge on any atom is 0.251 e. The van der Waals surface area contributed by atoms with Crippen molar-refractivity contribution in [1.29, 1.82) is 0 Å². The predicted octanol–water partition coefficient (Wildman–Crippen LogP) is 3.64. The zero-order valence-corrected chi connectivity index (χ0v) is 17.7. The lowest BCUT2D eigenvalue weighted by Gasteiger charge is -2.40. The number of amides is 1. The highest BCUT2D eigenvalue weighted by Gasteiger charge is 2.30. The van der Waals surface area contributed by atoms with Crippen molar-refractivity contribution in [3.8, 4) is 0 Å². The van der Waals surface area contributed by atoms with Crippen molar-refractivity contribution in [2.45, 2.75) is 32.2 Å². The molecule has 1 fully saturated rings. The molecule has 2 N–H and O–H groups in total. The van der Waals surface area contributed by atoms with E-state index in [-0.39, 0.29) is 5.91 Å². The summed E-state index contributed by atoms with van der Waals surface area (Å²) in [5.74, 6) is 2.09.